The molecule has 0 saturated heterocycles. The molecule has 146 valence electrons. The average Bonchev–Trinajstić information content (AvgIpc) is 2.94. The fourth-order valence-electron chi connectivity index (χ4n) is 1.98. The van der Waals surface area contributed by atoms with E-state index in [0.29, 0.717) is 19.7 Å². The molecule has 0 bridgehead atoms. The molecule has 24 heavy (non-hydrogen) atoms. The summed E-state index contributed by atoms with van der Waals surface area (Å²) in [6, 6.07) is 0. The predicted octanol–water partition coefficient (Wildman–Crippen LogP) is 9.61. The van der Waals surface area contributed by atoms with Crippen LogP contribution in [-0.4, -0.2) is 0 Å². The molecule has 0 amide bonds. The largest absolute Gasteiger partial charge is 0.0654 e. The summed E-state index contributed by atoms with van der Waals surface area (Å²) in [6.07, 6.45) is -41.6. The van der Waals surface area contributed by atoms with Crippen molar-refractivity contribution in [2.45, 2.75) is 154 Å². The zero-order valence-corrected chi connectivity index (χ0v) is 14.5. The van der Waals surface area contributed by atoms with E-state index in [1.807, 2.05) is 0 Å². The quantitative estimate of drug-likeness (QED) is 0.138. The average molecular weight is 377 g/mol. The van der Waals surface area contributed by atoms with Crippen LogP contribution in [0.3, 0.4) is 0 Å². The molecule has 0 heteroatoms. The van der Waals surface area contributed by atoms with Gasteiger partial charge in [0.25, 0.3) is 0 Å². The van der Waals surface area contributed by atoms with Crippen molar-refractivity contribution in [3.63, 3.8) is 0 Å². The van der Waals surface area contributed by atoms with E-state index >= 15 is 0 Å². The fraction of sp³-hybridized carbons (Fsp3) is 1.00. The minimum Gasteiger partial charge on any atom is -0.0654 e. The number of rotatable bonds is 21. The molecule has 0 saturated carbocycles. The Morgan fingerprint density at radius 1 is 0.458 bits per heavy atom. The van der Waals surface area contributed by atoms with Gasteiger partial charge < -0.3 is 0 Å². The van der Waals surface area contributed by atoms with Gasteiger partial charge in [0.1, 0.15) is 0 Å². The summed E-state index contributed by atoms with van der Waals surface area (Å²) in [6.45, 7) is -3.60. The first-order valence-corrected chi connectivity index (χ1v) is 8.60. The van der Waals surface area contributed by atoms with Gasteiger partial charge >= 0.3 is 0 Å². The van der Waals surface area contributed by atoms with Crippen molar-refractivity contribution >= 4 is 0 Å². The molecule has 0 aliphatic carbocycles. The number of hydrogen-bond acceptors (Lipinski definition) is 0. The van der Waals surface area contributed by atoms with Crippen LogP contribution in [0.15, 0.2) is 0 Å². The summed E-state index contributed by atoms with van der Waals surface area (Å²) in [7, 11) is 0. The van der Waals surface area contributed by atoms with Crippen LogP contribution < -0.4 is 0 Å². The Morgan fingerprint density at radius 3 is 1.38 bits per heavy atom. The van der Waals surface area contributed by atoms with Crippen LogP contribution in [0.4, 0.5) is 0 Å². The van der Waals surface area contributed by atoms with Gasteiger partial charge in [-0.25, -0.2) is 0 Å². The fourth-order valence-corrected chi connectivity index (χ4v) is 1.98. The third kappa shape index (κ3) is 22.0. The van der Waals surface area contributed by atoms with Crippen LogP contribution in [0.1, 0.15) is 190 Å². The molecule has 0 aliphatic heterocycles. The molecule has 0 aromatic heterocycles. The molecule has 0 radical (unpaired) electrons. The highest BCUT2D eigenvalue weighted by Gasteiger charge is 1.95. The first-order valence-electron chi connectivity index (χ1n) is 21.8. The lowest BCUT2D eigenvalue weighted by atomic mass is 10.1. The molecule has 0 atom stereocenters. The molecule has 0 spiro atoms. The smallest absolute Gasteiger partial charge is 0.0267 e. The van der Waals surface area contributed by atoms with Gasteiger partial charge in [0.05, 0.1) is 0 Å². The van der Waals surface area contributed by atoms with Crippen molar-refractivity contribution in [3.05, 3.63) is 0 Å². The molecule has 0 aromatic rings. The van der Waals surface area contributed by atoms with Crippen molar-refractivity contribution in [2.24, 2.45) is 0 Å². The van der Waals surface area contributed by atoms with E-state index in [1.165, 1.54) is 0 Å². The summed E-state index contributed by atoms with van der Waals surface area (Å²) in [4.78, 5) is 0. The molecular formula is C24H50. The monoisotopic (exact) mass is 377 g/mol. The highest BCUT2D eigenvalue weighted by Crippen LogP contribution is 2.15. The van der Waals surface area contributed by atoms with E-state index in [-0.39, 0.29) is 6.42 Å². The molecule has 0 heterocycles. The van der Waals surface area contributed by atoms with Crippen LogP contribution in [0.5, 0.6) is 0 Å². The summed E-state index contributed by atoms with van der Waals surface area (Å²) in [5.41, 5.74) is 0. The third-order valence-corrected chi connectivity index (χ3v) is 3.20. The van der Waals surface area contributed by atoms with Gasteiger partial charge in [-0.1, -0.05) is 154 Å². The second-order valence-electron chi connectivity index (χ2n) is 5.21. The van der Waals surface area contributed by atoms with Gasteiger partial charge in [-0.05, 0) is 0 Å². The summed E-state index contributed by atoms with van der Waals surface area (Å²) >= 11 is 0. The van der Waals surface area contributed by atoms with Crippen molar-refractivity contribution < 1.29 is 35.6 Å². The van der Waals surface area contributed by atoms with E-state index in [9.17, 15) is 0 Å². The second kappa shape index (κ2) is 23.0. The molecule has 0 N–H and O–H groups in total. The molecule has 0 fully saturated rings. The Morgan fingerprint density at radius 2 is 0.875 bits per heavy atom. The van der Waals surface area contributed by atoms with Crippen LogP contribution in [0.25, 0.3) is 0 Å². The van der Waals surface area contributed by atoms with Crippen LogP contribution in [-0.2, 0) is 0 Å². The Hall–Kier alpha value is 0. The van der Waals surface area contributed by atoms with Crippen molar-refractivity contribution in [1.29, 1.82) is 0 Å². The molecule has 0 rings (SSSR count). The first kappa shape index (κ1) is 5.29. The van der Waals surface area contributed by atoms with Gasteiger partial charge in [-0.15, -0.1) is 0 Å². The minimum absolute atomic E-state index is 0.00633. The number of unbranched alkanes of at least 4 members (excludes halogenated alkanes) is 9. The van der Waals surface area contributed by atoms with Gasteiger partial charge in [0, 0.05) is 35.6 Å². The van der Waals surface area contributed by atoms with E-state index in [0.717, 1.165) is 44.9 Å². The third-order valence-electron chi connectivity index (χ3n) is 3.20. The zero-order chi connectivity index (χ0) is 40.5. The Labute approximate surface area is 192 Å². The Kier molecular flexibility index (Phi) is 5.07. The van der Waals surface area contributed by atoms with E-state index < -0.39 is 83.4 Å². The SMILES string of the molecule is [2H]CCCCCCCCCCCC[13C]([2H])([2H])[13C]([2H])([2H])[13C]([2H])([2H])[13C]([2H])([2H])[13C]([2H])([2H])[13C]([2H])([2H])[13C]([2H])([2H])[13C]([2H])([2H])[13C]([2H])([2H])[13C]([2H])([2H])[13C]([2H])([2H])[13C]([2H])([2H])[2H]. The van der Waals surface area contributed by atoms with Crippen molar-refractivity contribution in [1.82, 2.24) is 0 Å². The highest BCUT2D eigenvalue weighted by molar-refractivity contribution is 4.50. The summed E-state index contributed by atoms with van der Waals surface area (Å²) in [5, 5.41) is 0. The lowest BCUT2D eigenvalue weighted by Crippen LogP contribution is -1.84. The van der Waals surface area contributed by atoms with Crippen molar-refractivity contribution in [2.75, 3.05) is 0 Å². The molecule has 0 unspecified atom stereocenters. The van der Waals surface area contributed by atoms with Crippen LogP contribution >= 0.6 is 0 Å². The van der Waals surface area contributed by atoms with Gasteiger partial charge in [0.2, 0.25) is 0 Å². The van der Waals surface area contributed by atoms with Gasteiger partial charge in [0.15, 0.2) is 0 Å². The molecule has 0 nitrogen and oxygen atoms in total. The molecular weight excluding hydrogens is 300 g/mol. The molecule has 0 aliphatic rings. The predicted molar refractivity (Wildman–Crippen MR) is 113 cm³/mol. The maximum Gasteiger partial charge on any atom is 0.0267 e. The van der Waals surface area contributed by atoms with Crippen molar-refractivity contribution in [3.8, 4) is 0 Å². The maximum absolute atomic E-state index is 8.31. The zero-order valence-electron chi connectivity index (χ0n) is 40.5. The minimum atomic E-state index is -4.78. The standard InChI is InChI=1S/C24H50/c1-3-5-7-9-11-13-15-17-19-21-23-24-22-20-18-16-14-12-10-8-6-4-2/h3-24H2,1-2H3/i1D,2+1D3,4+1D2,6+1D2,8+1D2,10+1D2,12+1D2,14+1D2,16+1D2,18+1D2,20+1D2,22+1D2,24+1D2. The van der Waals surface area contributed by atoms with Crippen LogP contribution in [0, 0.1) is 0 Å². The van der Waals surface area contributed by atoms with E-state index in [4.69, 9.17) is 35.6 Å². The summed E-state index contributed by atoms with van der Waals surface area (Å²) < 4.78 is 208. The lowest BCUT2D eigenvalue weighted by Gasteiger charge is -2.04. The molecule has 0 aromatic carbocycles. The van der Waals surface area contributed by atoms with Gasteiger partial charge in [-0.2, -0.15) is 0 Å². The Bertz CT molecular complexity index is 1070. The van der Waals surface area contributed by atoms with E-state index in [2.05, 4.69) is 0 Å². The highest BCUT2D eigenvalue weighted by atomic mass is 15.0. The normalized spacial score (nSPS) is 34.3. The first-order chi connectivity index (χ1) is 21.8. The maximum atomic E-state index is 8.31. The van der Waals surface area contributed by atoms with Crippen LogP contribution in [0.2, 0.25) is 0 Å². The second-order valence-corrected chi connectivity index (χ2v) is 5.21. The topological polar surface area (TPSA) is 0 Å². The Balaban J connectivity index is 6.38. The van der Waals surface area contributed by atoms with Gasteiger partial charge in [-0.3, -0.25) is 0 Å². The number of hydrogen-bond donors (Lipinski definition) is 0. The lowest BCUT2D eigenvalue weighted by molar-refractivity contribution is 0.520. The van der Waals surface area contributed by atoms with E-state index in [1.54, 1.807) is 0 Å². The summed E-state index contributed by atoms with van der Waals surface area (Å²) in [5.74, 6) is 0.